The maximum Gasteiger partial charge on any atom is 0.207 e. The van der Waals surface area contributed by atoms with Gasteiger partial charge in [-0.2, -0.15) is 0 Å². The Morgan fingerprint density at radius 3 is 2.55 bits per heavy atom. The Hall–Kier alpha value is -3.07. The number of aliphatic hydroxyl groups excluding tert-OH is 1. The van der Waals surface area contributed by atoms with Gasteiger partial charge in [0, 0.05) is 24.1 Å². The Morgan fingerprint density at radius 1 is 1.14 bits per heavy atom. The Kier molecular flexibility index (Phi) is 6.71. The molecule has 0 spiro atoms. The predicted molar refractivity (Wildman–Crippen MR) is 117 cm³/mol. The number of likely N-dealkylation sites (N-methyl/N-ethyl adjacent to an activating group) is 1. The molecule has 0 bridgehead atoms. The number of anilines is 2. The van der Waals surface area contributed by atoms with Crippen molar-refractivity contribution in [3.05, 3.63) is 66.9 Å². The summed E-state index contributed by atoms with van der Waals surface area (Å²) in [4.78, 5) is 6.43. The first-order valence-corrected chi connectivity index (χ1v) is 9.41. The number of aliphatic hydroxyl groups is 1. The van der Waals surface area contributed by atoms with Crippen molar-refractivity contribution in [2.45, 2.75) is 11.9 Å². The van der Waals surface area contributed by atoms with Crippen LogP contribution in [0.15, 0.2) is 71.9 Å². The molecule has 8 heteroatoms. The Morgan fingerprint density at radius 2 is 1.86 bits per heavy atom. The minimum Gasteiger partial charge on any atom is -0.491 e. The molecule has 8 nitrogen and oxygen atoms in total. The number of nitrogens with two attached hydrogens (primary N) is 1. The van der Waals surface area contributed by atoms with Gasteiger partial charge in [0.2, 0.25) is 11.7 Å². The van der Waals surface area contributed by atoms with Crippen molar-refractivity contribution in [3.8, 4) is 5.75 Å². The lowest BCUT2D eigenvalue weighted by Gasteiger charge is -2.28. The average molecular weight is 396 g/mol. The number of ether oxygens (including phenoxy) is 1. The molecule has 154 valence electrons. The fraction of sp³-hybridized carbons (Fsp3) is 0.286. The zero-order valence-electron chi connectivity index (χ0n) is 16.7. The summed E-state index contributed by atoms with van der Waals surface area (Å²) in [6, 6.07) is 17.1. The second-order valence-corrected chi connectivity index (χ2v) is 7.13. The molecule has 29 heavy (non-hydrogen) atoms. The van der Waals surface area contributed by atoms with Gasteiger partial charge < -0.3 is 30.7 Å². The van der Waals surface area contributed by atoms with Gasteiger partial charge in [-0.1, -0.05) is 18.2 Å². The first-order valence-electron chi connectivity index (χ1n) is 9.41. The number of nitrogens with zero attached hydrogens (tertiary/aromatic N) is 2. The van der Waals surface area contributed by atoms with E-state index in [0.717, 1.165) is 11.4 Å². The van der Waals surface area contributed by atoms with E-state index in [9.17, 15) is 5.11 Å². The summed E-state index contributed by atoms with van der Waals surface area (Å²) in [7, 11) is 3.82. The molecule has 0 fully saturated rings. The predicted octanol–water partition coefficient (Wildman–Crippen LogP) is 1.60. The average Bonchev–Trinajstić information content (AvgIpc) is 2.67. The lowest BCUT2D eigenvalue weighted by atomic mass is 10.2. The van der Waals surface area contributed by atoms with Crippen LogP contribution in [0.3, 0.4) is 0 Å². The number of hydrogen-bond donors (Lipinski definition) is 5. The van der Waals surface area contributed by atoms with Crippen molar-refractivity contribution in [2.24, 2.45) is 10.7 Å². The molecule has 0 saturated carbocycles. The van der Waals surface area contributed by atoms with Gasteiger partial charge in [0.15, 0.2) is 0 Å². The molecule has 1 heterocycles. The third-order valence-electron chi connectivity index (χ3n) is 4.11. The number of para-hydroxylation sites is 1. The lowest BCUT2D eigenvalue weighted by Crippen LogP contribution is -2.49. The van der Waals surface area contributed by atoms with Crippen LogP contribution in [-0.2, 0) is 0 Å². The molecule has 0 saturated heterocycles. The zero-order valence-corrected chi connectivity index (χ0v) is 16.7. The first kappa shape index (κ1) is 20.7. The SMILES string of the molecule is CN(C)CC(O)COc1ccc(NC2=NC(N)(Nc3ccccc3)C=CN2)cc1. The fourth-order valence-corrected chi connectivity index (χ4v) is 2.83. The van der Waals surface area contributed by atoms with Crippen LogP contribution in [0.1, 0.15) is 0 Å². The van der Waals surface area contributed by atoms with Gasteiger partial charge >= 0.3 is 0 Å². The summed E-state index contributed by atoms with van der Waals surface area (Å²) in [5.41, 5.74) is 8.05. The van der Waals surface area contributed by atoms with Crippen molar-refractivity contribution < 1.29 is 9.84 Å². The summed E-state index contributed by atoms with van der Waals surface area (Å²) in [6.07, 6.45) is 2.96. The monoisotopic (exact) mass is 396 g/mol. The Balaban J connectivity index is 1.57. The largest absolute Gasteiger partial charge is 0.491 e. The number of guanidine groups is 1. The summed E-state index contributed by atoms with van der Waals surface area (Å²) in [5.74, 6) is 0.153. The Labute approximate surface area is 171 Å². The second kappa shape index (κ2) is 9.42. The summed E-state index contributed by atoms with van der Waals surface area (Å²) in [6.45, 7) is 0.793. The number of aliphatic imine (C=N–C) groups is 1. The standard InChI is InChI=1S/C21H28N6O2/c1-27(2)14-18(28)15-29-19-10-8-16(9-11-19)24-20-23-13-12-21(22,26-20)25-17-6-4-3-5-7-17/h3-13,18,25,28H,14-15,22H2,1-2H3,(H2,23,24,26). The maximum atomic E-state index is 9.88. The third-order valence-corrected chi connectivity index (χ3v) is 4.11. The van der Waals surface area contributed by atoms with Gasteiger partial charge in [0.25, 0.3) is 0 Å². The smallest absolute Gasteiger partial charge is 0.207 e. The van der Waals surface area contributed by atoms with Gasteiger partial charge in [0.05, 0.1) is 0 Å². The zero-order chi connectivity index (χ0) is 20.7. The normalized spacial score (nSPS) is 19.3. The third kappa shape index (κ3) is 6.49. The first-order chi connectivity index (χ1) is 13.9. The number of hydrogen-bond acceptors (Lipinski definition) is 8. The van der Waals surface area contributed by atoms with E-state index in [1.54, 1.807) is 12.3 Å². The fourth-order valence-electron chi connectivity index (χ4n) is 2.83. The van der Waals surface area contributed by atoms with Crippen molar-refractivity contribution >= 4 is 17.3 Å². The molecule has 2 atom stereocenters. The van der Waals surface area contributed by atoms with Crippen LogP contribution < -0.4 is 26.4 Å². The van der Waals surface area contributed by atoms with Gasteiger partial charge in [-0.3, -0.25) is 5.73 Å². The molecule has 0 aromatic heterocycles. The van der Waals surface area contributed by atoms with Gasteiger partial charge in [-0.05, 0) is 56.6 Å². The van der Waals surface area contributed by atoms with E-state index >= 15 is 0 Å². The number of nitrogens with one attached hydrogen (secondary N) is 3. The molecular weight excluding hydrogens is 368 g/mol. The van der Waals surface area contributed by atoms with Crippen molar-refractivity contribution in [1.82, 2.24) is 10.2 Å². The molecule has 6 N–H and O–H groups in total. The van der Waals surface area contributed by atoms with Crippen LogP contribution in [0.2, 0.25) is 0 Å². The Bertz CT molecular complexity index is 838. The van der Waals surface area contributed by atoms with Crippen LogP contribution in [0.4, 0.5) is 11.4 Å². The van der Waals surface area contributed by atoms with E-state index in [1.807, 2.05) is 73.6 Å². The summed E-state index contributed by atoms with van der Waals surface area (Å²) >= 11 is 0. The van der Waals surface area contributed by atoms with E-state index in [2.05, 4.69) is 20.9 Å². The second-order valence-electron chi connectivity index (χ2n) is 7.13. The van der Waals surface area contributed by atoms with E-state index < -0.39 is 11.9 Å². The molecule has 1 aliphatic heterocycles. The van der Waals surface area contributed by atoms with Crippen molar-refractivity contribution in [2.75, 3.05) is 37.9 Å². The number of rotatable bonds is 8. The minimum atomic E-state index is -1.05. The lowest BCUT2D eigenvalue weighted by molar-refractivity contribution is 0.0831. The van der Waals surface area contributed by atoms with E-state index in [0.29, 0.717) is 18.3 Å². The van der Waals surface area contributed by atoms with Crippen LogP contribution in [-0.4, -0.2) is 55.1 Å². The van der Waals surface area contributed by atoms with E-state index in [1.165, 1.54) is 0 Å². The van der Waals surface area contributed by atoms with E-state index in [4.69, 9.17) is 10.5 Å². The molecule has 2 aromatic rings. The van der Waals surface area contributed by atoms with Gasteiger partial charge in [-0.25, -0.2) is 4.99 Å². The maximum absolute atomic E-state index is 9.88. The highest BCUT2D eigenvalue weighted by Crippen LogP contribution is 2.18. The van der Waals surface area contributed by atoms with Crippen LogP contribution in [0.5, 0.6) is 5.75 Å². The molecule has 2 unspecified atom stereocenters. The van der Waals surface area contributed by atoms with Crippen molar-refractivity contribution in [1.29, 1.82) is 0 Å². The van der Waals surface area contributed by atoms with Gasteiger partial charge in [-0.15, -0.1) is 0 Å². The molecule has 1 aliphatic rings. The molecule has 2 aromatic carbocycles. The molecule has 0 amide bonds. The highest BCUT2D eigenvalue weighted by atomic mass is 16.5. The summed E-state index contributed by atoms with van der Waals surface area (Å²) < 4.78 is 5.62. The molecule has 3 rings (SSSR count). The molecule has 0 aliphatic carbocycles. The van der Waals surface area contributed by atoms with Gasteiger partial charge in [0.1, 0.15) is 18.5 Å². The molecular formula is C21H28N6O2. The van der Waals surface area contributed by atoms with Crippen molar-refractivity contribution in [3.63, 3.8) is 0 Å². The number of benzene rings is 2. The van der Waals surface area contributed by atoms with Crippen LogP contribution in [0.25, 0.3) is 0 Å². The minimum absolute atomic E-state index is 0.241. The quantitative estimate of drug-likeness (QED) is 0.432. The highest BCUT2D eigenvalue weighted by Gasteiger charge is 2.24. The summed E-state index contributed by atoms with van der Waals surface area (Å²) in [5, 5.41) is 19.3. The van der Waals surface area contributed by atoms with Crippen LogP contribution in [0, 0.1) is 0 Å². The van der Waals surface area contributed by atoms with E-state index in [-0.39, 0.29) is 6.61 Å². The molecule has 0 radical (unpaired) electrons. The highest BCUT2D eigenvalue weighted by molar-refractivity contribution is 5.95. The van der Waals surface area contributed by atoms with Crippen LogP contribution >= 0.6 is 0 Å². The topological polar surface area (TPSA) is 107 Å².